The molecule has 0 unspecified atom stereocenters. The average molecular weight is 448 g/mol. The van der Waals surface area contributed by atoms with E-state index < -0.39 is 5.79 Å². The number of hydrogen-bond acceptors (Lipinski definition) is 6. The van der Waals surface area contributed by atoms with Crippen molar-refractivity contribution < 1.29 is 19.0 Å². The van der Waals surface area contributed by atoms with Gasteiger partial charge in [0.25, 0.3) is 0 Å². The molecule has 0 N–H and O–H groups in total. The van der Waals surface area contributed by atoms with Crippen LogP contribution in [-0.2, 0) is 19.0 Å². The molecule has 0 saturated carbocycles. The number of nitrogens with zero attached hydrogens (tertiary/aromatic N) is 1. The molecule has 4 heterocycles. The molecular weight excluding hydrogens is 410 g/mol. The molecule has 4 rings (SSSR count). The molecule has 3 saturated heterocycles. The molecule has 0 amide bonds. The predicted octanol–water partition coefficient (Wildman–Crippen LogP) is 5.48. The zero-order chi connectivity index (χ0) is 22.2. The lowest BCUT2D eigenvalue weighted by atomic mass is 9.75. The molecule has 1 spiro atoms. The summed E-state index contributed by atoms with van der Waals surface area (Å²) in [5, 5.41) is 0.838. The van der Waals surface area contributed by atoms with Crippen LogP contribution in [0.25, 0.3) is 0 Å². The topological polar surface area (TPSA) is 57.7 Å². The number of carbonyl (C=O) groups is 1. The van der Waals surface area contributed by atoms with Crippen molar-refractivity contribution in [3.8, 4) is 0 Å². The molecule has 3 fully saturated rings. The number of fused-ring (bicyclic) bond motifs is 1. The van der Waals surface area contributed by atoms with Gasteiger partial charge in [-0.3, -0.25) is 4.79 Å². The predicted molar refractivity (Wildman–Crippen MR) is 122 cm³/mol. The Morgan fingerprint density at radius 1 is 1.10 bits per heavy atom. The first-order valence-electron chi connectivity index (χ1n) is 11.9. The number of pyridine rings is 1. The van der Waals surface area contributed by atoms with Crippen LogP contribution < -0.4 is 0 Å². The Hall–Kier alpha value is -0.950. The smallest absolute Gasteiger partial charge is 0.197 e. The Labute approximate surface area is 191 Å². The van der Waals surface area contributed by atoms with Crippen LogP contribution in [-0.4, -0.2) is 40.3 Å². The van der Waals surface area contributed by atoms with Crippen molar-refractivity contribution in [1.29, 1.82) is 0 Å². The van der Waals surface area contributed by atoms with Gasteiger partial charge in [0.05, 0.1) is 24.4 Å². The molecule has 1 aromatic rings. The van der Waals surface area contributed by atoms with Crippen LogP contribution in [0.4, 0.5) is 0 Å². The van der Waals surface area contributed by atoms with E-state index in [0.29, 0.717) is 36.2 Å². The molecule has 6 heteroatoms. The second-order valence-electron chi connectivity index (χ2n) is 10.1. The summed E-state index contributed by atoms with van der Waals surface area (Å²) in [5.74, 6) is 0.998. The number of rotatable bonds is 4. The number of aromatic nitrogens is 1. The normalized spacial score (nSPS) is 42.9. The zero-order valence-corrected chi connectivity index (χ0v) is 20.3. The highest BCUT2D eigenvalue weighted by Gasteiger charge is 2.54. The van der Waals surface area contributed by atoms with Crippen LogP contribution in [0.5, 0.6) is 0 Å². The second-order valence-corrected chi connectivity index (χ2v) is 11.1. The van der Waals surface area contributed by atoms with Crippen molar-refractivity contribution in [2.24, 2.45) is 23.7 Å². The Morgan fingerprint density at radius 2 is 1.87 bits per heavy atom. The number of hydrogen-bond donors (Lipinski definition) is 0. The van der Waals surface area contributed by atoms with Gasteiger partial charge in [0, 0.05) is 25.5 Å². The van der Waals surface area contributed by atoms with Crippen molar-refractivity contribution in [1.82, 2.24) is 4.98 Å². The molecule has 3 aliphatic heterocycles. The lowest BCUT2D eigenvalue weighted by Gasteiger charge is -2.56. The lowest BCUT2D eigenvalue weighted by molar-refractivity contribution is -0.368. The van der Waals surface area contributed by atoms with E-state index in [1.54, 1.807) is 6.20 Å². The summed E-state index contributed by atoms with van der Waals surface area (Å²) in [6, 6.07) is 5.64. The van der Waals surface area contributed by atoms with Crippen molar-refractivity contribution >= 4 is 16.9 Å². The Balaban J connectivity index is 1.45. The summed E-state index contributed by atoms with van der Waals surface area (Å²) in [6.45, 7) is 11.2. The monoisotopic (exact) mass is 447 g/mol. The number of carbonyl (C=O) groups excluding carboxylic acids is 1. The fraction of sp³-hybridized carbons (Fsp3) is 0.760. The summed E-state index contributed by atoms with van der Waals surface area (Å²) in [6.07, 6.45) is 6.27. The highest BCUT2D eigenvalue weighted by molar-refractivity contribution is 8.13. The van der Waals surface area contributed by atoms with E-state index in [-0.39, 0.29) is 23.4 Å². The molecule has 0 bridgehead atoms. The van der Waals surface area contributed by atoms with Crippen molar-refractivity contribution in [3.63, 3.8) is 0 Å². The van der Waals surface area contributed by atoms with Gasteiger partial charge in [-0.15, -0.1) is 0 Å². The third kappa shape index (κ3) is 5.02. The summed E-state index contributed by atoms with van der Waals surface area (Å²) >= 11 is 1.21. The lowest BCUT2D eigenvalue weighted by Crippen LogP contribution is -2.61. The molecule has 1 aromatic heterocycles. The second kappa shape index (κ2) is 9.50. The Morgan fingerprint density at radius 3 is 2.58 bits per heavy atom. The van der Waals surface area contributed by atoms with Crippen molar-refractivity contribution in [2.75, 3.05) is 0 Å². The summed E-state index contributed by atoms with van der Waals surface area (Å²) < 4.78 is 19.9. The molecule has 172 valence electrons. The molecule has 5 nitrogen and oxygen atoms in total. The first kappa shape index (κ1) is 23.2. The minimum Gasteiger partial charge on any atom is -0.372 e. The molecule has 0 aliphatic carbocycles. The highest BCUT2D eigenvalue weighted by Crippen LogP contribution is 2.49. The molecule has 0 aromatic carbocycles. The Kier molecular flexibility index (Phi) is 7.11. The standard InChI is InChI=1S/C25H37NO4S/c1-6-19-15(2)11-21-24(28-19)17(4)14-25(30-21)13-16(3)18(5)20(29-25)12-23(27)31-22-9-7-8-10-26-22/h7-10,15-21,24H,6,11-14H2,1-5H3/t15-,16+,17+,18+,19-,20+,21+,24+,25-/m1/s1. The fourth-order valence-corrected chi connectivity index (χ4v) is 6.50. The summed E-state index contributed by atoms with van der Waals surface area (Å²) in [4.78, 5) is 17.1. The van der Waals surface area contributed by atoms with Crippen LogP contribution >= 0.6 is 11.8 Å². The third-order valence-electron chi connectivity index (χ3n) is 7.61. The van der Waals surface area contributed by atoms with Crippen LogP contribution in [0.3, 0.4) is 0 Å². The van der Waals surface area contributed by atoms with E-state index in [1.807, 2.05) is 18.2 Å². The van der Waals surface area contributed by atoms with E-state index in [9.17, 15) is 4.79 Å². The first-order valence-corrected chi connectivity index (χ1v) is 12.7. The van der Waals surface area contributed by atoms with Gasteiger partial charge >= 0.3 is 0 Å². The summed E-state index contributed by atoms with van der Waals surface area (Å²) in [5.41, 5.74) is 0. The molecular formula is C25H37NO4S. The summed E-state index contributed by atoms with van der Waals surface area (Å²) in [7, 11) is 0. The molecule has 31 heavy (non-hydrogen) atoms. The van der Waals surface area contributed by atoms with E-state index in [0.717, 1.165) is 30.7 Å². The van der Waals surface area contributed by atoms with Crippen LogP contribution in [0.1, 0.15) is 66.7 Å². The molecule has 0 radical (unpaired) electrons. The average Bonchev–Trinajstić information content (AvgIpc) is 2.72. The third-order valence-corrected chi connectivity index (χ3v) is 8.45. The van der Waals surface area contributed by atoms with Gasteiger partial charge in [-0.25, -0.2) is 4.98 Å². The minimum absolute atomic E-state index is 0.0707. The SMILES string of the molecule is CC[C@H]1O[C@@H]2[C@H](C[C@H]1C)O[C@]1(C[C@H](C)[C@H](C)[C@H](CC(=O)Sc3ccccn3)O1)C[C@@H]2C. The van der Waals surface area contributed by atoms with Crippen LogP contribution in [0.15, 0.2) is 29.4 Å². The van der Waals surface area contributed by atoms with E-state index in [2.05, 4.69) is 39.6 Å². The first-order chi connectivity index (χ1) is 14.8. The number of ether oxygens (including phenoxy) is 3. The zero-order valence-electron chi connectivity index (χ0n) is 19.5. The van der Waals surface area contributed by atoms with Gasteiger partial charge < -0.3 is 14.2 Å². The van der Waals surface area contributed by atoms with Gasteiger partial charge in [-0.1, -0.05) is 40.7 Å². The molecule has 3 aliphatic rings. The maximum Gasteiger partial charge on any atom is 0.197 e. The molecule has 9 atom stereocenters. The largest absolute Gasteiger partial charge is 0.372 e. The highest BCUT2D eigenvalue weighted by atomic mass is 32.2. The maximum atomic E-state index is 12.8. The maximum absolute atomic E-state index is 12.8. The van der Waals surface area contributed by atoms with Crippen molar-refractivity contribution in [3.05, 3.63) is 24.4 Å². The van der Waals surface area contributed by atoms with Crippen LogP contribution in [0, 0.1) is 23.7 Å². The van der Waals surface area contributed by atoms with E-state index >= 15 is 0 Å². The van der Waals surface area contributed by atoms with Crippen LogP contribution in [0.2, 0.25) is 0 Å². The minimum atomic E-state index is -0.602. The quantitative estimate of drug-likeness (QED) is 0.570. The fourth-order valence-electron chi connectivity index (χ4n) is 5.76. The Bertz CT molecular complexity index is 761. The van der Waals surface area contributed by atoms with Gasteiger partial charge in [-0.05, 0) is 60.4 Å². The van der Waals surface area contributed by atoms with Gasteiger partial charge in [0.15, 0.2) is 10.9 Å². The van der Waals surface area contributed by atoms with Gasteiger partial charge in [0.2, 0.25) is 0 Å². The van der Waals surface area contributed by atoms with Gasteiger partial charge in [-0.2, -0.15) is 0 Å². The van der Waals surface area contributed by atoms with E-state index in [4.69, 9.17) is 14.2 Å². The van der Waals surface area contributed by atoms with Crippen molar-refractivity contribution in [2.45, 2.75) is 102 Å². The number of thioether (sulfide) groups is 1. The van der Waals surface area contributed by atoms with E-state index in [1.165, 1.54) is 11.8 Å². The van der Waals surface area contributed by atoms with Gasteiger partial charge in [0.1, 0.15) is 5.03 Å².